The van der Waals surface area contributed by atoms with E-state index in [1.807, 2.05) is 32.1 Å². The molecule has 2 saturated heterocycles. The molecule has 17 heavy (non-hydrogen) atoms. The zero-order valence-electron chi connectivity index (χ0n) is 9.89. The summed E-state index contributed by atoms with van der Waals surface area (Å²) in [6.45, 7) is 0. The summed E-state index contributed by atoms with van der Waals surface area (Å²) in [6, 6.07) is 1.50. The van der Waals surface area contributed by atoms with Crippen molar-refractivity contribution < 1.29 is 20.8 Å². The molecule has 2 aliphatic heterocycles. The molecule has 3 rings (SSSR count). The Balaban J connectivity index is 0.000000154. The Kier molecular flexibility index (Phi) is 9.92. The summed E-state index contributed by atoms with van der Waals surface area (Å²) >= 11 is -0.826. The van der Waals surface area contributed by atoms with E-state index < -0.39 is 20.8 Å². The monoisotopic (exact) mass is 347 g/mol. The third-order valence-corrected chi connectivity index (χ3v) is 3.03. The van der Waals surface area contributed by atoms with Crippen molar-refractivity contribution in [3.05, 3.63) is 51.4 Å². The molecule has 0 aromatic carbocycles. The first kappa shape index (κ1) is 16.5. The van der Waals surface area contributed by atoms with Crippen LogP contribution in [0.15, 0.2) is 0 Å². The van der Waals surface area contributed by atoms with Gasteiger partial charge in [0.05, 0.1) is 0 Å². The van der Waals surface area contributed by atoms with Gasteiger partial charge in [0.1, 0.15) is 0 Å². The van der Waals surface area contributed by atoms with E-state index in [1.54, 1.807) is 0 Å². The molecule has 2 heterocycles. The van der Waals surface area contributed by atoms with E-state index in [4.69, 9.17) is 17.0 Å². The van der Waals surface area contributed by atoms with Crippen LogP contribution in [0, 0.1) is 51.4 Å². The minimum atomic E-state index is -0.826. The molecule has 8 radical (unpaired) electrons. The average Bonchev–Trinajstić information content (AvgIpc) is 2.92. The summed E-state index contributed by atoms with van der Waals surface area (Å²) in [6.07, 6.45) is 19.5. The van der Waals surface area contributed by atoms with Crippen LogP contribution >= 0.6 is 17.0 Å². The predicted octanol–water partition coefficient (Wildman–Crippen LogP) is 3.47. The van der Waals surface area contributed by atoms with Crippen LogP contribution in [0.25, 0.3) is 0 Å². The van der Waals surface area contributed by atoms with E-state index in [0.29, 0.717) is 0 Å². The Bertz CT molecular complexity index is 165. The molecule has 0 N–H and O–H groups in total. The number of halogens is 2. The molecule has 3 aliphatic rings. The quantitative estimate of drug-likeness (QED) is 0.647. The van der Waals surface area contributed by atoms with Crippen LogP contribution in [-0.4, -0.2) is 24.0 Å². The number of fused-ring (bicyclic) bond motifs is 2. The zero-order valence-corrected chi connectivity index (χ0v) is 13.9. The number of hydrogen-bond donors (Lipinski definition) is 0. The molecule has 0 unspecified atom stereocenters. The molecule has 0 spiro atoms. The zero-order chi connectivity index (χ0) is 12.5. The van der Waals surface area contributed by atoms with Crippen LogP contribution in [0.3, 0.4) is 0 Å². The SMILES string of the molecule is CN1[C@@H]2[CH][CH][CH][C@H]1CC2.[CH]1[CH][CH][CH][CH]1.[Cl][Zr+2][Cl]. The van der Waals surface area contributed by atoms with E-state index >= 15 is 0 Å². The first-order valence-corrected chi connectivity index (χ1v) is 12.0. The standard InChI is InChI=1S/C8H12N.C5H5.2ClH.Zr/c1-9-7-3-2-4-8(9)6-5-7;1-2-4-5-3-1;;;/h2-4,7-8H,5-6H2,1H3;1-5H;2*1H;/q;;;;+4/p-2/t7-,8+;;;;. The van der Waals surface area contributed by atoms with Crippen LogP contribution in [0.1, 0.15) is 12.8 Å². The van der Waals surface area contributed by atoms with Crippen molar-refractivity contribution >= 4 is 17.0 Å². The molecular formula is C13H17Cl2NZr+2. The number of rotatable bonds is 0. The van der Waals surface area contributed by atoms with Gasteiger partial charge in [-0.2, -0.15) is 0 Å². The fourth-order valence-electron chi connectivity index (χ4n) is 2.10. The first-order chi connectivity index (χ1) is 8.29. The molecule has 2 atom stereocenters. The van der Waals surface area contributed by atoms with E-state index in [9.17, 15) is 0 Å². The van der Waals surface area contributed by atoms with Crippen molar-refractivity contribution in [2.75, 3.05) is 7.05 Å². The van der Waals surface area contributed by atoms with E-state index in [0.717, 1.165) is 12.1 Å². The van der Waals surface area contributed by atoms with Crippen molar-refractivity contribution in [1.29, 1.82) is 0 Å². The third-order valence-electron chi connectivity index (χ3n) is 3.03. The van der Waals surface area contributed by atoms with Gasteiger partial charge in [-0.15, -0.1) is 0 Å². The third kappa shape index (κ3) is 6.41. The van der Waals surface area contributed by atoms with Gasteiger partial charge in [-0.05, 0) is 71.3 Å². The maximum absolute atomic E-state index is 4.93. The fourth-order valence-corrected chi connectivity index (χ4v) is 2.10. The van der Waals surface area contributed by atoms with Crippen LogP contribution in [0.5, 0.6) is 0 Å². The van der Waals surface area contributed by atoms with Gasteiger partial charge in [-0.25, -0.2) is 0 Å². The van der Waals surface area contributed by atoms with Gasteiger partial charge in [-0.3, -0.25) is 4.90 Å². The second-order valence-electron chi connectivity index (χ2n) is 3.99. The maximum atomic E-state index is 4.93. The predicted molar refractivity (Wildman–Crippen MR) is 70.7 cm³/mol. The molecule has 2 bridgehead atoms. The molecule has 4 heteroatoms. The van der Waals surface area contributed by atoms with Gasteiger partial charge in [0.25, 0.3) is 0 Å². The molecule has 1 nitrogen and oxygen atoms in total. The van der Waals surface area contributed by atoms with Gasteiger partial charge in [-0.1, -0.05) is 0 Å². The van der Waals surface area contributed by atoms with Gasteiger partial charge >= 0.3 is 37.9 Å². The van der Waals surface area contributed by atoms with E-state index in [-0.39, 0.29) is 0 Å². The van der Waals surface area contributed by atoms with Crippen LogP contribution in [-0.2, 0) is 20.8 Å². The Morgan fingerprint density at radius 2 is 1.24 bits per heavy atom. The van der Waals surface area contributed by atoms with Gasteiger partial charge < -0.3 is 0 Å². The Morgan fingerprint density at radius 3 is 1.53 bits per heavy atom. The number of hydrogen-bond acceptors (Lipinski definition) is 1. The molecular weight excluding hydrogens is 332 g/mol. The summed E-state index contributed by atoms with van der Waals surface area (Å²) in [5.41, 5.74) is 0. The second-order valence-corrected chi connectivity index (χ2v) is 7.72. The van der Waals surface area contributed by atoms with Crippen molar-refractivity contribution in [2.45, 2.75) is 24.9 Å². The second kappa shape index (κ2) is 10.2. The van der Waals surface area contributed by atoms with Crippen molar-refractivity contribution in [3.63, 3.8) is 0 Å². The van der Waals surface area contributed by atoms with Gasteiger partial charge in [0, 0.05) is 12.1 Å². The first-order valence-electron chi connectivity index (χ1n) is 5.66. The molecule has 0 aromatic rings. The summed E-state index contributed by atoms with van der Waals surface area (Å²) in [5, 5.41) is 0. The molecule has 90 valence electrons. The topological polar surface area (TPSA) is 3.24 Å². The van der Waals surface area contributed by atoms with E-state index in [2.05, 4.69) is 31.2 Å². The van der Waals surface area contributed by atoms with Crippen LogP contribution < -0.4 is 0 Å². The Labute approximate surface area is 125 Å². The molecule has 3 fully saturated rings. The van der Waals surface area contributed by atoms with Crippen LogP contribution in [0.4, 0.5) is 0 Å². The van der Waals surface area contributed by atoms with Crippen LogP contribution in [0.2, 0.25) is 0 Å². The van der Waals surface area contributed by atoms with Crippen molar-refractivity contribution in [1.82, 2.24) is 4.90 Å². The minimum absolute atomic E-state index is 0.750. The molecule has 1 saturated carbocycles. The molecule has 1 aliphatic carbocycles. The molecule has 0 amide bonds. The Morgan fingerprint density at radius 1 is 0.882 bits per heavy atom. The van der Waals surface area contributed by atoms with E-state index in [1.165, 1.54) is 12.8 Å². The van der Waals surface area contributed by atoms with Crippen molar-refractivity contribution in [2.24, 2.45) is 0 Å². The number of piperidine rings is 1. The van der Waals surface area contributed by atoms with Crippen molar-refractivity contribution in [3.8, 4) is 0 Å². The summed E-state index contributed by atoms with van der Waals surface area (Å²) in [4.78, 5) is 2.44. The number of nitrogens with zero attached hydrogens (tertiary/aromatic N) is 1. The molecule has 0 aromatic heterocycles. The fraction of sp³-hybridized carbons (Fsp3) is 0.385. The summed E-state index contributed by atoms with van der Waals surface area (Å²) in [5.74, 6) is 0. The Hall–Kier alpha value is 1.42. The van der Waals surface area contributed by atoms with Gasteiger partial charge in [0.2, 0.25) is 0 Å². The van der Waals surface area contributed by atoms with Gasteiger partial charge in [0.15, 0.2) is 0 Å². The average molecular weight is 349 g/mol. The summed E-state index contributed by atoms with van der Waals surface area (Å²) in [7, 11) is 12.1. The normalized spacial score (nSPS) is 30.8. The summed E-state index contributed by atoms with van der Waals surface area (Å²) < 4.78 is 0.